The molecule has 1 saturated heterocycles. The Hall–Kier alpha value is -1.44. The summed E-state index contributed by atoms with van der Waals surface area (Å²) in [5, 5.41) is 0. The number of hydrogen-bond acceptors (Lipinski definition) is 5. The van der Waals surface area contributed by atoms with Crippen LogP contribution in [0.15, 0.2) is 29.2 Å². The van der Waals surface area contributed by atoms with Crippen LogP contribution in [0, 0.1) is 6.92 Å². The molecule has 7 heteroatoms. The molecule has 0 saturated carbocycles. The molecule has 1 aliphatic rings. The van der Waals surface area contributed by atoms with Crippen molar-refractivity contribution in [3.05, 3.63) is 29.8 Å². The van der Waals surface area contributed by atoms with E-state index in [9.17, 15) is 13.2 Å². The van der Waals surface area contributed by atoms with Crippen LogP contribution in [0.25, 0.3) is 0 Å². The first-order valence-electron chi connectivity index (χ1n) is 7.25. The van der Waals surface area contributed by atoms with Crippen LogP contribution < -0.4 is 4.72 Å². The largest absolute Gasteiger partial charge is 0.376 e. The number of carbonyl (C=O) groups excluding carboxylic acids is 1. The molecule has 2 atom stereocenters. The van der Waals surface area contributed by atoms with E-state index >= 15 is 0 Å². The normalized spacial score (nSPS) is 19.8. The first-order valence-corrected chi connectivity index (χ1v) is 8.73. The highest BCUT2D eigenvalue weighted by Crippen LogP contribution is 2.13. The number of rotatable bonds is 6. The second-order valence-corrected chi connectivity index (χ2v) is 7.08. The Morgan fingerprint density at radius 1 is 1.41 bits per heavy atom. The van der Waals surface area contributed by atoms with Crippen LogP contribution in [0.1, 0.15) is 25.3 Å². The lowest BCUT2D eigenvalue weighted by atomic mass is 10.2. The Labute approximate surface area is 130 Å². The van der Waals surface area contributed by atoms with Crippen molar-refractivity contribution in [2.75, 3.05) is 13.2 Å². The molecule has 1 aromatic rings. The summed E-state index contributed by atoms with van der Waals surface area (Å²) in [6, 6.07) is 6.28. The highest BCUT2D eigenvalue weighted by atomic mass is 32.2. The zero-order valence-corrected chi connectivity index (χ0v) is 13.6. The molecule has 0 aliphatic carbocycles. The van der Waals surface area contributed by atoms with E-state index in [0.717, 1.165) is 18.4 Å². The van der Waals surface area contributed by atoms with Crippen molar-refractivity contribution in [1.82, 2.24) is 4.72 Å². The van der Waals surface area contributed by atoms with Gasteiger partial charge in [0.05, 0.1) is 17.6 Å². The van der Waals surface area contributed by atoms with Gasteiger partial charge in [0, 0.05) is 6.61 Å². The van der Waals surface area contributed by atoms with E-state index in [1.807, 2.05) is 11.6 Å². The maximum absolute atomic E-state index is 12.1. The fourth-order valence-corrected chi connectivity index (χ4v) is 3.14. The fraction of sp³-hybridized carbons (Fsp3) is 0.533. The number of benzene rings is 1. The van der Waals surface area contributed by atoms with Gasteiger partial charge in [-0.15, -0.1) is 0 Å². The van der Waals surface area contributed by atoms with E-state index in [2.05, 4.69) is 0 Å². The lowest BCUT2D eigenvalue weighted by molar-refractivity contribution is -0.131. The van der Waals surface area contributed by atoms with Gasteiger partial charge >= 0.3 is 0 Å². The number of amides is 1. The monoisotopic (exact) mass is 327 g/mol. The zero-order valence-electron chi connectivity index (χ0n) is 12.7. The SMILES string of the molecule is Cc1ccc(S(=O)(=O)NC(=O)[C@@H](C)OC[C@@H]2CCCO2)cc1. The van der Waals surface area contributed by atoms with Crippen LogP contribution in [0.2, 0.25) is 0 Å². The van der Waals surface area contributed by atoms with Crippen molar-refractivity contribution >= 4 is 15.9 Å². The molecule has 122 valence electrons. The second kappa shape index (κ2) is 7.21. The molecule has 6 nitrogen and oxygen atoms in total. The topological polar surface area (TPSA) is 81.7 Å². The first-order chi connectivity index (χ1) is 10.4. The van der Waals surface area contributed by atoms with Gasteiger partial charge < -0.3 is 9.47 Å². The maximum atomic E-state index is 12.1. The third-order valence-electron chi connectivity index (χ3n) is 3.49. The van der Waals surface area contributed by atoms with Gasteiger partial charge in [-0.3, -0.25) is 4.79 Å². The van der Waals surface area contributed by atoms with E-state index < -0.39 is 22.0 Å². The summed E-state index contributed by atoms with van der Waals surface area (Å²) in [6.07, 6.45) is 1.01. The Morgan fingerprint density at radius 3 is 2.68 bits per heavy atom. The standard InChI is InChI=1S/C15H21NO5S/c1-11-5-7-14(8-6-11)22(18,19)16-15(17)12(2)21-10-13-4-3-9-20-13/h5-8,12-13H,3-4,9-10H2,1-2H3,(H,16,17)/t12-,13+/m1/s1. The number of sulfonamides is 1. The molecule has 0 radical (unpaired) electrons. The van der Waals surface area contributed by atoms with Crippen LogP contribution in [0.4, 0.5) is 0 Å². The van der Waals surface area contributed by atoms with Crippen LogP contribution in [0.5, 0.6) is 0 Å². The van der Waals surface area contributed by atoms with Crippen molar-refractivity contribution in [3.63, 3.8) is 0 Å². The van der Waals surface area contributed by atoms with Gasteiger partial charge in [0.15, 0.2) is 0 Å². The summed E-state index contributed by atoms with van der Waals surface area (Å²) in [7, 11) is -3.87. The predicted molar refractivity (Wildman–Crippen MR) is 80.9 cm³/mol. The second-order valence-electron chi connectivity index (χ2n) is 5.39. The summed E-state index contributed by atoms with van der Waals surface area (Å²) in [5.41, 5.74) is 0.943. The highest BCUT2D eigenvalue weighted by Gasteiger charge is 2.24. The van der Waals surface area contributed by atoms with Crippen LogP contribution in [-0.2, 0) is 24.3 Å². The smallest absolute Gasteiger partial charge is 0.264 e. The molecule has 0 bridgehead atoms. The van der Waals surface area contributed by atoms with Crippen LogP contribution >= 0.6 is 0 Å². The molecular weight excluding hydrogens is 306 g/mol. The molecule has 1 aromatic carbocycles. The Kier molecular flexibility index (Phi) is 5.55. The van der Waals surface area contributed by atoms with E-state index in [1.54, 1.807) is 12.1 Å². The van der Waals surface area contributed by atoms with Gasteiger partial charge in [0.1, 0.15) is 6.10 Å². The molecule has 0 aromatic heterocycles. The molecule has 2 rings (SSSR count). The summed E-state index contributed by atoms with van der Waals surface area (Å²) in [5.74, 6) is -0.682. The van der Waals surface area contributed by atoms with Crippen molar-refractivity contribution in [3.8, 4) is 0 Å². The minimum atomic E-state index is -3.87. The first kappa shape index (κ1) is 16.9. The molecule has 1 fully saturated rings. The molecular formula is C15H21NO5S. The minimum Gasteiger partial charge on any atom is -0.376 e. The minimum absolute atomic E-state index is 0.0102. The summed E-state index contributed by atoms with van der Waals surface area (Å²) in [6.45, 7) is 4.38. The number of nitrogens with one attached hydrogen (secondary N) is 1. The number of aryl methyl sites for hydroxylation is 1. The molecule has 1 N–H and O–H groups in total. The number of carbonyl (C=O) groups is 1. The molecule has 22 heavy (non-hydrogen) atoms. The van der Waals surface area contributed by atoms with Crippen molar-refractivity contribution in [1.29, 1.82) is 0 Å². The van der Waals surface area contributed by atoms with E-state index in [0.29, 0.717) is 13.2 Å². The lowest BCUT2D eigenvalue weighted by Crippen LogP contribution is -2.39. The van der Waals surface area contributed by atoms with Crippen molar-refractivity contribution in [2.45, 2.75) is 43.8 Å². The van der Waals surface area contributed by atoms with Gasteiger partial charge in [-0.05, 0) is 38.8 Å². The van der Waals surface area contributed by atoms with Crippen molar-refractivity contribution in [2.24, 2.45) is 0 Å². The summed E-state index contributed by atoms with van der Waals surface area (Å²) in [4.78, 5) is 12.0. The van der Waals surface area contributed by atoms with Crippen molar-refractivity contribution < 1.29 is 22.7 Å². The van der Waals surface area contributed by atoms with Crippen LogP contribution in [0.3, 0.4) is 0 Å². The molecule has 1 amide bonds. The third-order valence-corrected chi connectivity index (χ3v) is 4.85. The van der Waals surface area contributed by atoms with E-state index in [4.69, 9.17) is 9.47 Å². The Bertz CT molecular complexity index is 605. The highest BCUT2D eigenvalue weighted by molar-refractivity contribution is 7.90. The van der Waals surface area contributed by atoms with Gasteiger partial charge in [0.2, 0.25) is 0 Å². The predicted octanol–water partition coefficient (Wildman–Crippen LogP) is 1.38. The Balaban J connectivity index is 1.90. The molecule has 0 unspecified atom stereocenters. The average molecular weight is 327 g/mol. The van der Waals surface area contributed by atoms with E-state index in [-0.39, 0.29) is 11.0 Å². The van der Waals surface area contributed by atoms with Crippen LogP contribution in [-0.4, -0.2) is 39.7 Å². The third kappa shape index (κ3) is 4.53. The number of ether oxygens (including phenoxy) is 2. The lowest BCUT2D eigenvalue weighted by Gasteiger charge is -2.16. The van der Waals surface area contributed by atoms with E-state index in [1.165, 1.54) is 19.1 Å². The van der Waals surface area contributed by atoms with Gasteiger partial charge in [-0.2, -0.15) is 0 Å². The quantitative estimate of drug-likeness (QED) is 0.854. The zero-order chi connectivity index (χ0) is 16.2. The maximum Gasteiger partial charge on any atom is 0.264 e. The van der Waals surface area contributed by atoms with Gasteiger partial charge in [-0.25, -0.2) is 13.1 Å². The summed E-state index contributed by atoms with van der Waals surface area (Å²) >= 11 is 0. The fourth-order valence-electron chi connectivity index (χ4n) is 2.09. The molecule has 1 heterocycles. The average Bonchev–Trinajstić information content (AvgIpc) is 2.98. The summed E-state index contributed by atoms with van der Waals surface area (Å²) < 4.78 is 37.0. The molecule has 0 spiro atoms. The van der Waals surface area contributed by atoms with Gasteiger partial charge in [-0.1, -0.05) is 17.7 Å². The Morgan fingerprint density at radius 2 is 2.09 bits per heavy atom. The number of hydrogen-bond donors (Lipinski definition) is 1. The molecule has 1 aliphatic heterocycles. The van der Waals surface area contributed by atoms with Gasteiger partial charge in [0.25, 0.3) is 15.9 Å².